The Balaban J connectivity index is 1.10. The number of aliphatic hydroxyl groups is 1. The highest BCUT2D eigenvalue weighted by Gasteiger charge is 2.63. The van der Waals surface area contributed by atoms with Crippen LogP contribution < -0.4 is 10.2 Å². The zero-order valence-corrected chi connectivity index (χ0v) is 31.9. The molecule has 3 N–H and O–H groups in total. The van der Waals surface area contributed by atoms with Crippen LogP contribution in [0.5, 0.6) is 0 Å². The molecule has 1 amide bonds. The Morgan fingerprint density at radius 3 is 2.38 bits per heavy atom. The van der Waals surface area contributed by atoms with E-state index in [9.17, 15) is 19.5 Å². The van der Waals surface area contributed by atoms with Crippen molar-refractivity contribution in [3.8, 4) is 0 Å². The first-order valence-corrected chi connectivity index (χ1v) is 20.3. The number of carboxylic acids is 1. The van der Waals surface area contributed by atoms with Gasteiger partial charge >= 0.3 is 11.9 Å². The van der Waals surface area contributed by atoms with Crippen LogP contribution in [0.4, 0.5) is 5.69 Å². The molecule has 1 aromatic carbocycles. The Labute approximate surface area is 309 Å². The number of fused-ring (bicyclic) bond motifs is 5. The number of anilines is 1. The number of aliphatic carboxylic acids is 1. The van der Waals surface area contributed by atoms with Crippen molar-refractivity contribution in [2.45, 2.75) is 116 Å². The molecule has 0 aromatic heterocycles. The maximum absolute atomic E-state index is 13.0. The Bertz CT molecular complexity index is 1310. The minimum Gasteiger partial charge on any atom is -0.480 e. The fourth-order valence-electron chi connectivity index (χ4n) is 11.2. The van der Waals surface area contributed by atoms with Gasteiger partial charge in [0, 0.05) is 43.4 Å². The van der Waals surface area contributed by atoms with E-state index in [0.717, 1.165) is 76.6 Å². The number of amides is 1. The van der Waals surface area contributed by atoms with Crippen molar-refractivity contribution in [2.24, 2.45) is 46.3 Å². The van der Waals surface area contributed by atoms with E-state index < -0.39 is 5.97 Å². The Morgan fingerprint density at radius 2 is 1.70 bits per heavy atom. The van der Waals surface area contributed by atoms with Crippen LogP contribution in [-0.4, -0.2) is 71.7 Å². The lowest BCUT2D eigenvalue weighted by molar-refractivity contribution is -0.181. The number of carbonyl (C=O) groups excluding carboxylic acids is 2. The van der Waals surface area contributed by atoms with Crippen LogP contribution in [0.15, 0.2) is 24.3 Å². The van der Waals surface area contributed by atoms with E-state index in [1.165, 1.54) is 12.0 Å². The third kappa shape index (κ3) is 8.60. The Morgan fingerprint density at radius 1 is 0.980 bits per heavy atom. The molecule has 0 aliphatic heterocycles. The molecule has 0 saturated heterocycles. The average molecular weight is 736 g/mol. The predicted octanol–water partition coefficient (Wildman–Crippen LogP) is 7.45. The summed E-state index contributed by atoms with van der Waals surface area (Å²) in [7, 11) is 0. The van der Waals surface area contributed by atoms with Gasteiger partial charge in [-0.25, -0.2) is 0 Å². The molecular formula is C40H60Cl2N2O6. The third-order valence-corrected chi connectivity index (χ3v) is 14.2. The number of carboxylic acid groups (broad SMARTS) is 1. The number of esters is 1. The first-order valence-electron chi connectivity index (χ1n) is 19.2. The number of ether oxygens (including phenoxy) is 1. The van der Waals surface area contributed by atoms with Crippen LogP contribution in [-0.2, 0) is 25.5 Å². The molecule has 5 rings (SSSR count). The highest BCUT2D eigenvalue weighted by atomic mass is 35.5. The van der Waals surface area contributed by atoms with Crippen LogP contribution in [0.3, 0.4) is 0 Å². The summed E-state index contributed by atoms with van der Waals surface area (Å²) in [5, 5.41) is 23.3. The maximum atomic E-state index is 13.0. The van der Waals surface area contributed by atoms with Gasteiger partial charge in [0.05, 0.1) is 6.10 Å². The quantitative estimate of drug-likeness (QED) is 0.119. The van der Waals surface area contributed by atoms with E-state index in [4.69, 9.17) is 33.0 Å². The number of halogens is 2. The molecule has 4 aliphatic rings. The molecule has 50 heavy (non-hydrogen) atoms. The van der Waals surface area contributed by atoms with E-state index >= 15 is 0 Å². The van der Waals surface area contributed by atoms with Gasteiger partial charge in [-0.15, -0.1) is 23.2 Å². The van der Waals surface area contributed by atoms with Gasteiger partial charge in [0.15, 0.2) is 0 Å². The number of nitrogens with one attached hydrogen (secondary N) is 1. The molecule has 4 aliphatic carbocycles. The fraction of sp³-hybridized carbons (Fsp3) is 0.775. The number of aryl methyl sites for hydroxylation is 1. The lowest BCUT2D eigenvalue weighted by Crippen LogP contribution is -2.59. The molecule has 0 spiro atoms. The van der Waals surface area contributed by atoms with E-state index in [1.807, 2.05) is 0 Å². The number of hydrogen-bond acceptors (Lipinski definition) is 6. The van der Waals surface area contributed by atoms with E-state index in [1.54, 1.807) is 0 Å². The number of carbonyl (C=O) groups is 3. The lowest BCUT2D eigenvalue weighted by atomic mass is 9.43. The number of nitrogens with zero attached hydrogens (tertiary/aromatic N) is 1. The monoisotopic (exact) mass is 734 g/mol. The smallest absolute Gasteiger partial charge is 0.322 e. The number of benzene rings is 1. The predicted molar refractivity (Wildman–Crippen MR) is 199 cm³/mol. The summed E-state index contributed by atoms with van der Waals surface area (Å²) in [6.45, 7) is 8.16. The second-order valence-electron chi connectivity index (χ2n) is 16.4. The summed E-state index contributed by atoms with van der Waals surface area (Å²) in [5.74, 6) is 2.45. The first-order chi connectivity index (χ1) is 23.9. The topological polar surface area (TPSA) is 116 Å². The van der Waals surface area contributed by atoms with Gasteiger partial charge in [-0.3, -0.25) is 14.4 Å². The van der Waals surface area contributed by atoms with Crippen molar-refractivity contribution in [3.05, 3.63) is 29.8 Å². The molecule has 0 heterocycles. The van der Waals surface area contributed by atoms with Gasteiger partial charge in [-0.2, -0.15) is 0 Å². The Hall–Kier alpha value is -2.03. The van der Waals surface area contributed by atoms with Crippen LogP contribution in [0, 0.1) is 46.3 Å². The number of alkyl halides is 2. The summed E-state index contributed by atoms with van der Waals surface area (Å²) >= 11 is 11.9. The molecule has 4 fully saturated rings. The van der Waals surface area contributed by atoms with Crippen LogP contribution in [0.1, 0.15) is 103 Å². The van der Waals surface area contributed by atoms with Gasteiger partial charge in [0.2, 0.25) is 5.91 Å². The summed E-state index contributed by atoms with van der Waals surface area (Å²) < 4.78 is 6.10. The highest BCUT2D eigenvalue weighted by Crippen LogP contribution is 2.68. The summed E-state index contributed by atoms with van der Waals surface area (Å²) in [5.41, 5.74) is 2.31. The normalized spacial score (nSPS) is 33.8. The van der Waals surface area contributed by atoms with Gasteiger partial charge in [0.25, 0.3) is 0 Å². The summed E-state index contributed by atoms with van der Waals surface area (Å²) in [6.07, 6.45) is 10.9. The second kappa shape index (κ2) is 17.2. The zero-order valence-electron chi connectivity index (χ0n) is 30.4. The standard InChI is InChI=1S/C40H60Cl2N2O6/c1-26(7-16-36(46)43-25-37(47)48)32-14-15-33-31-13-10-28-23-30(17-18-39(28,2)34(31)24-35(45)40(32,33)3)50-38(49)6-4-5-27-8-11-29(12-9-27)44(21-19-41)22-20-42/h8-9,11-12,26,28,30-35,45H,4-7,10,13-25H2,1-3H3,(H,43,46)(H,47,48)/t26-,28?,30-,31+,32-,33+,34+,35+,39+,40-/m1/s1. The van der Waals surface area contributed by atoms with Crippen molar-refractivity contribution >= 4 is 46.7 Å². The van der Waals surface area contributed by atoms with Crippen LogP contribution >= 0.6 is 23.2 Å². The van der Waals surface area contributed by atoms with Crippen molar-refractivity contribution in [3.63, 3.8) is 0 Å². The van der Waals surface area contributed by atoms with Gasteiger partial charge < -0.3 is 25.2 Å². The number of rotatable bonds is 16. The minimum absolute atomic E-state index is 0.0190. The minimum atomic E-state index is -1.03. The summed E-state index contributed by atoms with van der Waals surface area (Å²) in [6, 6.07) is 8.46. The zero-order chi connectivity index (χ0) is 36.1. The molecule has 0 bridgehead atoms. The van der Waals surface area contributed by atoms with E-state index in [0.29, 0.717) is 60.6 Å². The van der Waals surface area contributed by atoms with Gasteiger partial charge in [-0.1, -0.05) is 32.9 Å². The number of aliphatic hydroxyl groups excluding tert-OH is 1. The first kappa shape index (κ1) is 39.2. The van der Waals surface area contributed by atoms with Crippen molar-refractivity contribution in [1.29, 1.82) is 0 Å². The molecule has 8 nitrogen and oxygen atoms in total. The molecule has 0 radical (unpaired) electrons. The maximum Gasteiger partial charge on any atom is 0.322 e. The van der Waals surface area contributed by atoms with E-state index in [-0.39, 0.29) is 47.4 Å². The van der Waals surface area contributed by atoms with Crippen molar-refractivity contribution in [2.75, 3.05) is 36.3 Å². The fourth-order valence-corrected chi connectivity index (χ4v) is 11.6. The molecule has 10 heteroatoms. The molecular weight excluding hydrogens is 675 g/mol. The second-order valence-corrected chi connectivity index (χ2v) is 17.2. The third-order valence-electron chi connectivity index (χ3n) is 13.9. The van der Waals surface area contributed by atoms with Crippen LogP contribution in [0.25, 0.3) is 0 Å². The average Bonchev–Trinajstić information content (AvgIpc) is 3.46. The van der Waals surface area contributed by atoms with Gasteiger partial charge in [0.1, 0.15) is 12.6 Å². The Kier molecular flexibility index (Phi) is 13.5. The molecule has 10 atom stereocenters. The highest BCUT2D eigenvalue weighted by molar-refractivity contribution is 6.18. The SMILES string of the molecule is C[C@H](CCC(=O)NCC(=O)O)[C@H]1CC[C@H]2[C@@H]3CCC4C[C@H](OC(=O)CCCc5ccc(N(CCCl)CCCl)cc5)CC[C@]4(C)[C@H]3C[C@H](O)[C@]12C. The number of hydrogen-bond donors (Lipinski definition) is 3. The van der Waals surface area contributed by atoms with Crippen LogP contribution in [0.2, 0.25) is 0 Å². The van der Waals surface area contributed by atoms with E-state index in [2.05, 4.69) is 55.3 Å². The summed E-state index contributed by atoms with van der Waals surface area (Å²) in [4.78, 5) is 38.2. The van der Waals surface area contributed by atoms with Crippen molar-refractivity contribution in [1.82, 2.24) is 5.32 Å². The largest absolute Gasteiger partial charge is 0.480 e. The van der Waals surface area contributed by atoms with Gasteiger partial charge in [-0.05, 0) is 135 Å². The van der Waals surface area contributed by atoms with Crippen molar-refractivity contribution < 1.29 is 29.3 Å². The molecule has 1 aromatic rings. The molecule has 4 saturated carbocycles. The lowest BCUT2D eigenvalue weighted by Gasteiger charge is -2.62. The molecule has 280 valence electrons. The molecule has 1 unspecified atom stereocenters.